The fraction of sp³-hybridized carbons (Fsp3) is 0.481. The number of nitrogens with one attached hydrogen (secondary N) is 1. The molecule has 2 aromatic carbocycles. The molecule has 1 atom stereocenters. The van der Waals surface area contributed by atoms with Crippen LogP contribution in [0.1, 0.15) is 70.3 Å². The molecule has 2 fully saturated rings. The Kier molecular flexibility index (Phi) is 6.68. The molecule has 2 saturated carbocycles. The number of benzene rings is 2. The van der Waals surface area contributed by atoms with E-state index in [2.05, 4.69) is 5.32 Å². The van der Waals surface area contributed by atoms with Crippen molar-refractivity contribution in [1.82, 2.24) is 14.9 Å². The zero-order chi connectivity index (χ0) is 22.8. The van der Waals surface area contributed by atoms with Gasteiger partial charge in [-0.1, -0.05) is 62.3 Å². The first-order valence-electron chi connectivity index (χ1n) is 12.3. The lowest BCUT2D eigenvalue weighted by molar-refractivity contribution is -0.127. The summed E-state index contributed by atoms with van der Waals surface area (Å²) in [6.07, 6.45) is 11.0. The molecule has 174 valence electrons. The van der Waals surface area contributed by atoms with Crippen molar-refractivity contribution in [2.24, 2.45) is 5.92 Å². The summed E-state index contributed by atoms with van der Waals surface area (Å²) in [6, 6.07) is 12.1. The number of amides is 1. The van der Waals surface area contributed by atoms with Gasteiger partial charge in [-0.3, -0.25) is 4.79 Å². The third kappa shape index (κ3) is 4.65. The SMILES string of the molecule is O=C(NC1CCCCC1)C(C1CCCCC1)n1c(-c2cc(Cl)ccc2F)nc2ccccc21. The van der Waals surface area contributed by atoms with Crippen molar-refractivity contribution < 1.29 is 9.18 Å². The van der Waals surface area contributed by atoms with E-state index < -0.39 is 6.04 Å². The molecule has 1 unspecified atom stereocenters. The number of imidazole rings is 1. The van der Waals surface area contributed by atoms with Gasteiger partial charge < -0.3 is 9.88 Å². The summed E-state index contributed by atoms with van der Waals surface area (Å²) >= 11 is 6.25. The molecule has 0 bridgehead atoms. The Labute approximate surface area is 199 Å². The molecule has 1 amide bonds. The highest BCUT2D eigenvalue weighted by molar-refractivity contribution is 6.30. The molecule has 0 spiro atoms. The van der Waals surface area contributed by atoms with Crippen molar-refractivity contribution in [3.8, 4) is 11.4 Å². The van der Waals surface area contributed by atoms with Gasteiger partial charge in [0.1, 0.15) is 17.7 Å². The monoisotopic (exact) mass is 467 g/mol. The lowest BCUT2D eigenvalue weighted by atomic mass is 9.82. The molecular formula is C27H31ClFN3O. The number of aromatic nitrogens is 2. The molecule has 3 aromatic rings. The van der Waals surface area contributed by atoms with E-state index in [9.17, 15) is 4.79 Å². The number of para-hydroxylation sites is 2. The van der Waals surface area contributed by atoms with Gasteiger partial charge in [-0.25, -0.2) is 9.37 Å². The van der Waals surface area contributed by atoms with Crippen LogP contribution in [0.25, 0.3) is 22.4 Å². The van der Waals surface area contributed by atoms with Crippen LogP contribution in [0.5, 0.6) is 0 Å². The van der Waals surface area contributed by atoms with Crippen molar-refractivity contribution in [2.45, 2.75) is 76.3 Å². The largest absolute Gasteiger partial charge is 0.352 e. The third-order valence-corrected chi connectivity index (χ3v) is 7.59. The number of nitrogens with zero attached hydrogens (tertiary/aromatic N) is 2. The predicted molar refractivity (Wildman–Crippen MR) is 131 cm³/mol. The number of carbonyl (C=O) groups excluding carboxylic acids is 1. The van der Waals surface area contributed by atoms with Crippen LogP contribution in [0, 0.1) is 11.7 Å². The van der Waals surface area contributed by atoms with Crippen molar-refractivity contribution in [2.75, 3.05) is 0 Å². The molecule has 4 nitrogen and oxygen atoms in total. The van der Waals surface area contributed by atoms with Crippen molar-refractivity contribution in [3.63, 3.8) is 0 Å². The van der Waals surface area contributed by atoms with Crippen molar-refractivity contribution in [3.05, 3.63) is 53.3 Å². The highest BCUT2D eigenvalue weighted by atomic mass is 35.5. The Bertz CT molecular complexity index is 1130. The number of hydrogen-bond acceptors (Lipinski definition) is 2. The van der Waals surface area contributed by atoms with Gasteiger partial charge in [0, 0.05) is 11.1 Å². The number of rotatable bonds is 5. The van der Waals surface area contributed by atoms with E-state index in [0.29, 0.717) is 16.4 Å². The van der Waals surface area contributed by atoms with Crippen molar-refractivity contribution >= 4 is 28.5 Å². The highest BCUT2D eigenvalue weighted by Gasteiger charge is 2.35. The molecule has 2 aliphatic carbocycles. The number of halogens is 2. The van der Waals surface area contributed by atoms with Gasteiger partial charge in [-0.2, -0.15) is 0 Å². The van der Waals surface area contributed by atoms with Gasteiger partial charge in [0.15, 0.2) is 0 Å². The van der Waals surface area contributed by atoms with Gasteiger partial charge in [0.2, 0.25) is 5.91 Å². The van der Waals surface area contributed by atoms with E-state index in [1.54, 1.807) is 12.1 Å². The summed E-state index contributed by atoms with van der Waals surface area (Å²) in [5.41, 5.74) is 1.96. The van der Waals surface area contributed by atoms with Crippen LogP contribution in [0.2, 0.25) is 5.02 Å². The average Bonchev–Trinajstić information content (AvgIpc) is 3.21. The van der Waals surface area contributed by atoms with Gasteiger partial charge in [-0.05, 0) is 61.9 Å². The molecule has 0 saturated heterocycles. The third-order valence-electron chi connectivity index (χ3n) is 7.36. The molecule has 33 heavy (non-hydrogen) atoms. The molecular weight excluding hydrogens is 437 g/mol. The first-order chi connectivity index (χ1) is 16.1. The van der Waals surface area contributed by atoms with Gasteiger partial charge in [0.05, 0.1) is 16.6 Å². The maximum Gasteiger partial charge on any atom is 0.243 e. The zero-order valence-corrected chi connectivity index (χ0v) is 19.7. The van der Waals surface area contributed by atoms with E-state index in [-0.39, 0.29) is 23.7 Å². The average molecular weight is 468 g/mol. The minimum Gasteiger partial charge on any atom is -0.352 e. The molecule has 5 rings (SSSR count). The number of hydrogen-bond donors (Lipinski definition) is 1. The first kappa shape index (κ1) is 22.4. The van der Waals surface area contributed by atoms with E-state index >= 15 is 4.39 Å². The maximum absolute atomic E-state index is 15.0. The summed E-state index contributed by atoms with van der Waals surface area (Å²) in [6.45, 7) is 0. The van der Waals surface area contributed by atoms with Crippen LogP contribution in [0.3, 0.4) is 0 Å². The second kappa shape index (κ2) is 9.84. The van der Waals surface area contributed by atoms with E-state index in [1.807, 2.05) is 28.8 Å². The smallest absolute Gasteiger partial charge is 0.243 e. The summed E-state index contributed by atoms with van der Waals surface area (Å²) < 4.78 is 17.0. The van der Waals surface area contributed by atoms with Crippen LogP contribution < -0.4 is 5.32 Å². The standard InChI is InChI=1S/C27H31ClFN3O/c28-19-15-16-22(29)21(17-19)26-31-23-13-7-8-14-24(23)32(26)25(18-9-3-1-4-10-18)27(33)30-20-11-5-2-6-12-20/h7-8,13-18,20,25H,1-6,9-12H2,(H,30,33). The quantitative estimate of drug-likeness (QED) is 0.436. The molecule has 6 heteroatoms. The Morgan fingerprint density at radius 2 is 1.70 bits per heavy atom. The topological polar surface area (TPSA) is 46.9 Å². The van der Waals surface area contributed by atoms with Gasteiger partial charge in [-0.15, -0.1) is 0 Å². The molecule has 0 radical (unpaired) electrons. The Morgan fingerprint density at radius 3 is 2.45 bits per heavy atom. The van der Waals surface area contributed by atoms with Crippen LogP contribution >= 0.6 is 11.6 Å². The Balaban J connectivity index is 1.64. The Morgan fingerprint density at radius 1 is 1.00 bits per heavy atom. The van der Waals surface area contributed by atoms with Crippen molar-refractivity contribution in [1.29, 1.82) is 0 Å². The lowest BCUT2D eigenvalue weighted by Crippen LogP contribution is -2.43. The van der Waals surface area contributed by atoms with E-state index in [4.69, 9.17) is 16.6 Å². The second-order valence-corrected chi connectivity index (χ2v) is 10.0. The minimum atomic E-state index is -0.423. The summed E-state index contributed by atoms with van der Waals surface area (Å²) in [4.78, 5) is 18.7. The number of carbonyl (C=O) groups is 1. The second-order valence-electron chi connectivity index (χ2n) is 9.60. The van der Waals surface area contributed by atoms with Gasteiger partial charge in [0.25, 0.3) is 0 Å². The minimum absolute atomic E-state index is 0.0423. The van der Waals surface area contributed by atoms with Crippen LogP contribution in [-0.2, 0) is 4.79 Å². The van der Waals surface area contributed by atoms with Crippen LogP contribution in [0.15, 0.2) is 42.5 Å². The fourth-order valence-electron chi connectivity index (χ4n) is 5.71. The van der Waals surface area contributed by atoms with Crippen LogP contribution in [0.4, 0.5) is 4.39 Å². The summed E-state index contributed by atoms with van der Waals surface area (Å²) in [7, 11) is 0. The lowest BCUT2D eigenvalue weighted by Gasteiger charge is -2.33. The zero-order valence-electron chi connectivity index (χ0n) is 18.9. The fourth-order valence-corrected chi connectivity index (χ4v) is 5.88. The molecule has 1 aromatic heterocycles. The predicted octanol–water partition coefficient (Wildman–Crippen LogP) is 7.07. The Hall–Kier alpha value is -2.40. The molecule has 1 N–H and O–H groups in total. The summed E-state index contributed by atoms with van der Waals surface area (Å²) in [5, 5.41) is 3.82. The highest BCUT2D eigenvalue weighted by Crippen LogP contribution is 2.39. The van der Waals surface area contributed by atoms with Crippen LogP contribution in [-0.4, -0.2) is 21.5 Å². The molecule has 2 aliphatic rings. The first-order valence-corrected chi connectivity index (χ1v) is 12.7. The number of fused-ring (bicyclic) bond motifs is 1. The maximum atomic E-state index is 15.0. The summed E-state index contributed by atoms with van der Waals surface area (Å²) in [5.74, 6) is 0.332. The molecule has 0 aliphatic heterocycles. The van der Waals surface area contributed by atoms with E-state index in [0.717, 1.165) is 62.4 Å². The normalized spacial score (nSPS) is 19.0. The van der Waals surface area contributed by atoms with Gasteiger partial charge >= 0.3 is 0 Å². The van der Waals surface area contributed by atoms with E-state index in [1.165, 1.54) is 18.9 Å². The molecule has 1 heterocycles.